The normalized spacial score (nSPS) is 12.2. The molecule has 0 saturated carbocycles. The summed E-state index contributed by atoms with van der Waals surface area (Å²) in [6.45, 7) is 6.70. The summed E-state index contributed by atoms with van der Waals surface area (Å²) in [7, 11) is -3.24. The summed E-state index contributed by atoms with van der Waals surface area (Å²) in [5.41, 5.74) is 0.594. The van der Waals surface area contributed by atoms with Crippen LogP contribution < -0.4 is 10.0 Å². The van der Waals surface area contributed by atoms with Crippen molar-refractivity contribution in [3.05, 3.63) is 17.5 Å². The van der Waals surface area contributed by atoms with Crippen molar-refractivity contribution in [1.82, 2.24) is 15.2 Å². The number of sulfonamides is 1. The summed E-state index contributed by atoms with van der Waals surface area (Å²) in [6.07, 6.45) is 0.589. The first-order valence-electron chi connectivity index (χ1n) is 6.02. The summed E-state index contributed by atoms with van der Waals surface area (Å²) in [5.74, 6) is 0.786. The number of nitrogens with one attached hydrogen (secondary N) is 2. The SMILES string of the molecule is Cc1cc(CNS(=O)(=O)CCCNC(C)C)no1. The Labute approximate surface area is 108 Å². The fraction of sp³-hybridized carbons (Fsp3) is 0.727. The average molecular weight is 275 g/mol. The molecule has 0 aliphatic heterocycles. The molecule has 0 bridgehead atoms. The number of nitrogens with zero attached hydrogens (tertiary/aromatic N) is 1. The maximum Gasteiger partial charge on any atom is 0.212 e. The molecule has 0 radical (unpaired) electrons. The lowest BCUT2D eigenvalue weighted by atomic mass is 10.4. The maximum absolute atomic E-state index is 11.7. The molecule has 0 atom stereocenters. The van der Waals surface area contributed by atoms with Crippen LogP contribution in [0.3, 0.4) is 0 Å². The van der Waals surface area contributed by atoms with Gasteiger partial charge in [-0.25, -0.2) is 13.1 Å². The number of hydrogen-bond donors (Lipinski definition) is 2. The Kier molecular flexibility index (Phi) is 5.77. The van der Waals surface area contributed by atoms with Crippen molar-refractivity contribution in [3.8, 4) is 0 Å². The van der Waals surface area contributed by atoms with Crippen LogP contribution in [-0.4, -0.2) is 31.9 Å². The molecule has 104 valence electrons. The van der Waals surface area contributed by atoms with Crippen molar-refractivity contribution < 1.29 is 12.9 Å². The first-order chi connectivity index (χ1) is 8.39. The van der Waals surface area contributed by atoms with Gasteiger partial charge >= 0.3 is 0 Å². The van der Waals surface area contributed by atoms with E-state index in [0.717, 1.165) is 0 Å². The Bertz CT molecular complexity index is 454. The largest absolute Gasteiger partial charge is 0.361 e. The molecule has 2 N–H and O–H groups in total. The Morgan fingerprint density at radius 3 is 2.72 bits per heavy atom. The third-order valence-corrected chi connectivity index (χ3v) is 3.70. The molecule has 1 rings (SSSR count). The van der Waals surface area contributed by atoms with E-state index in [0.29, 0.717) is 30.5 Å². The second-order valence-electron chi connectivity index (χ2n) is 4.53. The highest BCUT2D eigenvalue weighted by Crippen LogP contribution is 2.01. The monoisotopic (exact) mass is 275 g/mol. The van der Waals surface area contributed by atoms with Gasteiger partial charge < -0.3 is 9.84 Å². The van der Waals surface area contributed by atoms with E-state index in [4.69, 9.17) is 4.52 Å². The quantitative estimate of drug-likeness (QED) is 0.685. The van der Waals surface area contributed by atoms with Gasteiger partial charge in [-0.05, 0) is 19.9 Å². The molecule has 0 aliphatic rings. The molecule has 0 spiro atoms. The minimum absolute atomic E-state index is 0.115. The van der Waals surface area contributed by atoms with Gasteiger partial charge in [-0.15, -0.1) is 0 Å². The molecule has 1 heterocycles. The highest BCUT2D eigenvalue weighted by Gasteiger charge is 2.11. The van der Waals surface area contributed by atoms with Gasteiger partial charge in [0, 0.05) is 12.1 Å². The predicted octanol–water partition coefficient (Wildman–Crippen LogP) is 0.791. The number of hydrogen-bond acceptors (Lipinski definition) is 5. The van der Waals surface area contributed by atoms with Crippen LogP contribution in [0.4, 0.5) is 0 Å². The molecular formula is C11H21N3O3S. The van der Waals surface area contributed by atoms with Crippen molar-refractivity contribution in [1.29, 1.82) is 0 Å². The van der Waals surface area contributed by atoms with Gasteiger partial charge in [0.25, 0.3) is 0 Å². The molecule has 0 saturated heterocycles. The van der Waals surface area contributed by atoms with E-state index >= 15 is 0 Å². The summed E-state index contributed by atoms with van der Waals surface area (Å²) in [4.78, 5) is 0. The Hall–Kier alpha value is -0.920. The Morgan fingerprint density at radius 1 is 1.44 bits per heavy atom. The van der Waals surface area contributed by atoms with Crippen molar-refractivity contribution >= 4 is 10.0 Å². The molecule has 0 aliphatic carbocycles. The molecule has 1 aromatic heterocycles. The third kappa shape index (κ3) is 6.13. The van der Waals surface area contributed by atoms with Gasteiger partial charge in [0.1, 0.15) is 5.76 Å². The standard InChI is InChI=1S/C11H21N3O3S/c1-9(2)12-5-4-6-18(15,16)13-8-11-7-10(3)17-14-11/h7,9,12-13H,4-6,8H2,1-3H3. The van der Waals surface area contributed by atoms with E-state index in [9.17, 15) is 8.42 Å². The fourth-order valence-corrected chi connectivity index (χ4v) is 2.45. The first kappa shape index (κ1) is 15.1. The maximum atomic E-state index is 11.7. The van der Waals surface area contributed by atoms with Crippen LogP contribution >= 0.6 is 0 Å². The van der Waals surface area contributed by atoms with Crippen LogP contribution in [0.2, 0.25) is 0 Å². The van der Waals surface area contributed by atoms with Crippen LogP contribution in [0.1, 0.15) is 31.7 Å². The van der Waals surface area contributed by atoms with Gasteiger partial charge in [0.2, 0.25) is 10.0 Å². The number of aryl methyl sites for hydroxylation is 1. The lowest BCUT2D eigenvalue weighted by Crippen LogP contribution is -2.29. The van der Waals surface area contributed by atoms with Crippen molar-refractivity contribution in [3.63, 3.8) is 0 Å². The van der Waals surface area contributed by atoms with E-state index < -0.39 is 10.0 Å². The smallest absolute Gasteiger partial charge is 0.212 e. The second-order valence-corrected chi connectivity index (χ2v) is 6.46. The lowest BCUT2D eigenvalue weighted by molar-refractivity contribution is 0.390. The summed E-state index contributed by atoms with van der Waals surface area (Å²) in [6, 6.07) is 2.09. The van der Waals surface area contributed by atoms with Crippen LogP contribution in [0, 0.1) is 6.92 Å². The molecular weight excluding hydrogens is 254 g/mol. The number of aromatic nitrogens is 1. The molecule has 0 unspecified atom stereocenters. The summed E-state index contributed by atoms with van der Waals surface area (Å²) < 4.78 is 30.7. The summed E-state index contributed by atoms with van der Waals surface area (Å²) >= 11 is 0. The van der Waals surface area contributed by atoms with Gasteiger partial charge in [-0.1, -0.05) is 19.0 Å². The van der Waals surface area contributed by atoms with Crippen LogP contribution in [0.15, 0.2) is 10.6 Å². The van der Waals surface area contributed by atoms with E-state index in [-0.39, 0.29) is 12.3 Å². The van der Waals surface area contributed by atoms with E-state index in [1.807, 2.05) is 13.8 Å². The van der Waals surface area contributed by atoms with E-state index in [2.05, 4.69) is 15.2 Å². The van der Waals surface area contributed by atoms with Crippen molar-refractivity contribution in [2.45, 2.75) is 39.8 Å². The molecule has 6 nitrogen and oxygen atoms in total. The number of rotatable bonds is 8. The predicted molar refractivity (Wildman–Crippen MR) is 69.6 cm³/mol. The lowest BCUT2D eigenvalue weighted by Gasteiger charge is -2.08. The molecule has 0 amide bonds. The Balaban J connectivity index is 2.27. The summed E-state index contributed by atoms with van der Waals surface area (Å²) in [5, 5.41) is 6.90. The van der Waals surface area contributed by atoms with Crippen LogP contribution in [0.25, 0.3) is 0 Å². The molecule has 0 fully saturated rings. The van der Waals surface area contributed by atoms with Crippen LogP contribution in [-0.2, 0) is 16.6 Å². The van der Waals surface area contributed by atoms with E-state index in [1.54, 1.807) is 13.0 Å². The van der Waals surface area contributed by atoms with Crippen molar-refractivity contribution in [2.75, 3.05) is 12.3 Å². The van der Waals surface area contributed by atoms with Gasteiger partial charge in [0.05, 0.1) is 18.0 Å². The van der Waals surface area contributed by atoms with Gasteiger partial charge in [0.15, 0.2) is 0 Å². The average Bonchev–Trinajstić information content (AvgIpc) is 2.68. The zero-order valence-electron chi connectivity index (χ0n) is 11.1. The van der Waals surface area contributed by atoms with Gasteiger partial charge in [-0.3, -0.25) is 0 Å². The topological polar surface area (TPSA) is 84.2 Å². The second kappa shape index (κ2) is 6.86. The Morgan fingerprint density at radius 2 is 2.17 bits per heavy atom. The molecule has 1 aromatic rings. The van der Waals surface area contributed by atoms with Crippen molar-refractivity contribution in [2.24, 2.45) is 0 Å². The first-order valence-corrected chi connectivity index (χ1v) is 7.67. The molecule has 7 heteroatoms. The minimum atomic E-state index is -3.24. The molecule has 18 heavy (non-hydrogen) atoms. The zero-order valence-corrected chi connectivity index (χ0v) is 11.9. The molecule has 0 aromatic carbocycles. The highest BCUT2D eigenvalue weighted by atomic mass is 32.2. The van der Waals surface area contributed by atoms with E-state index in [1.165, 1.54) is 0 Å². The highest BCUT2D eigenvalue weighted by molar-refractivity contribution is 7.89. The van der Waals surface area contributed by atoms with Gasteiger partial charge in [-0.2, -0.15) is 0 Å². The zero-order chi connectivity index (χ0) is 13.6. The fourth-order valence-electron chi connectivity index (χ4n) is 1.41. The minimum Gasteiger partial charge on any atom is -0.361 e. The van der Waals surface area contributed by atoms with Crippen LogP contribution in [0.5, 0.6) is 0 Å². The third-order valence-electron chi connectivity index (χ3n) is 2.29.